The van der Waals surface area contributed by atoms with E-state index in [1.807, 2.05) is 109 Å². The fourth-order valence-corrected chi connectivity index (χ4v) is 7.08. The van der Waals surface area contributed by atoms with Crippen molar-refractivity contribution in [1.82, 2.24) is 15.0 Å². The van der Waals surface area contributed by atoms with Gasteiger partial charge in [-0.3, -0.25) is 0 Å². The Balaban J connectivity index is 1.21. The molecule has 4 heteroatoms. The van der Waals surface area contributed by atoms with Gasteiger partial charge < -0.3 is 0 Å². The predicted molar refractivity (Wildman–Crippen MR) is 205 cm³/mol. The number of hydrogen-bond acceptors (Lipinski definition) is 4. The predicted octanol–water partition coefficient (Wildman–Crippen LogP) is 12.2. The van der Waals surface area contributed by atoms with Gasteiger partial charge in [-0.25, -0.2) is 15.0 Å². The summed E-state index contributed by atoms with van der Waals surface area (Å²) in [6.07, 6.45) is 0. The molecule has 0 amide bonds. The third-order valence-corrected chi connectivity index (χ3v) is 9.60. The molecule has 0 unspecified atom stereocenters. The Morgan fingerprint density at radius 3 is 1.47 bits per heavy atom. The first-order chi connectivity index (χ1) is 27.2. The highest BCUT2D eigenvalue weighted by molar-refractivity contribution is 7.26. The van der Waals surface area contributed by atoms with Gasteiger partial charge in [0.1, 0.15) is 0 Å². The number of rotatable bonds is 6. The summed E-state index contributed by atoms with van der Waals surface area (Å²) < 4.78 is 61.1. The number of benzene rings is 7. The first-order valence-electron chi connectivity index (χ1n) is 19.3. The maximum atomic E-state index is 9.04. The van der Waals surface area contributed by atoms with Crippen LogP contribution in [-0.2, 0) is 0 Å². The summed E-state index contributed by atoms with van der Waals surface area (Å²) in [6.45, 7) is 0. The SMILES string of the molecule is [2H]c1c([2H])c([2H])c2c(sc3c(-c4cccc(-c5nc(-c6ccc(-c7ccccc7)cc6)nc(-c6ccc(-c7ccccc7)cc6)n5)c4)c([2H])c([2H])c([2H])c32)c1[2H]. The highest BCUT2D eigenvalue weighted by atomic mass is 32.1. The molecule has 0 radical (unpaired) electrons. The van der Waals surface area contributed by atoms with Gasteiger partial charge in [-0.1, -0.05) is 164 Å². The lowest BCUT2D eigenvalue weighted by atomic mass is 10.0. The summed E-state index contributed by atoms with van der Waals surface area (Å²) in [6, 6.07) is 41.8. The summed E-state index contributed by atoms with van der Waals surface area (Å²) in [5.74, 6) is 1.35. The van der Waals surface area contributed by atoms with E-state index >= 15 is 0 Å². The zero-order valence-corrected chi connectivity index (χ0v) is 26.8. The quantitative estimate of drug-likeness (QED) is 0.180. The second-order valence-electron chi connectivity index (χ2n) is 11.5. The van der Waals surface area contributed by atoms with Crippen molar-refractivity contribution < 1.29 is 9.60 Å². The minimum Gasteiger partial charge on any atom is -0.208 e. The van der Waals surface area contributed by atoms with Crippen LogP contribution in [-0.4, -0.2) is 15.0 Å². The van der Waals surface area contributed by atoms with Crippen molar-refractivity contribution in [2.24, 2.45) is 0 Å². The van der Waals surface area contributed by atoms with E-state index in [-0.39, 0.29) is 51.7 Å². The van der Waals surface area contributed by atoms with Gasteiger partial charge in [-0.05, 0) is 45.5 Å². The van der Waals surface area contributed by atoms with E-state index in [9.17, 15) is 0 Å². The summed E-state index contributed by atoms with van der Waals surface area (Å²) in [7, 11) is 0. The van der Waals surface area contributed by atoms with Crippen LogP contribution in [0.25, 0.3) is 87.7 Å². The number of fused-ring (bicyclic) bond motifs is 3. The molecule has 0 aliphatic carbocycles. The topological polar surface area (TPSA) is 38.7 Å². The van der Waals surface area contributed by atoms with Crippen LogP contribution in [0.2, 0.25) is 0 Å². The van der Waals surface area contributed by atoms with Gasteiger partial charge in [-0.2, -0.15) is 0 Å². The molecule has 49 heavy (non-hydrogen) atoms. The van der Waals surface area contributed by atoms with Crippen molar-refractivity contribution in [3.8, 4) is 67.5 Å². The fraction of sp³-hybridized carbons (Fsp3) is 0. The molecule has 0 bridgehead atoms. The van der Waals surface area contributed by atoms with Crippen LogP contribution in [0, 0.1) is 0 Å². The first-order valence-corrected chi connectivity index (χ1v) is 16.6. The van der Waals surface area contributed by atoms with E-state index in [0.29, 0.717) is 38.9 Å². The van der Waals surface area contributed by atoms with Crippen LogP contribution >= 0.6 is 11.3 Å². The molecule has 9 rings (SSSR count). The molecule has 0 saturated carbocycles. The summed E-state index contributed by atoms with van der Waals surface area (Å²) in [4.78, 5) is 14.9. The highest BCUT2D eigenvalue weighted by Gasteiger charge is 2.15. The maximum Gasteiger partial charge on any atom is 0.164 e. The van der Waals surface area contributed by atoms with Crippen LogP contribution in [0.5, 0.6) is 0 Å². The minimum atomic E-state index is -0.405. The van der Waals surface area contributed by atoms with Crippen LogP contribution in [0.15, 0.2) is 176 Å². The van der Waals surface area contributed by atoms with E-state index in [1.165, 1.54) is 0 Å². The van der Waals surface area contributed by atoms with E-state index in [4.69, 9.17) is 24.5 Å². The van der Waals surface area contributed by atoms with Crippen molar-refractivity contribution in [3.05, 3.63) is 176 Å². The molecule has 0 saturated heterocycles. The smallest absolute Gasteiger partial charge is 0.164 e. The van der Waals surface area contributed by atoms with Crippen LogP contribution in [0.3, 0.4) is 0 Å². The van der Waals surface area contributed by atoms with E-state index in [1.54, 1.807) is 0 Å². The molecule has 0 fully saturated rings. The molecule has 0 N–H and O–H groups in total. The molecular formula is C45H29N3S. The van der Waals surface area contributed by atoms with Gasteiger partial charge in [-0.15, -0.1) is 11.3 Å². The van der Waals surface area contributed by atoms with Gasteiger partial charge in [0, 0.05) is 36.9 Å². The summed E-state index contributed by atoms with van der Waals surface area (Å²) in [5, 5.41) is 0.427. The average Bonchev–Trinajstić information content (AvgIpc) is 3.65. The lowest BCUT2D eigenvalue weighted by molar-refractivity contribution is 1.07. The van der Waals surface area contributed by atoms with Crippen molar-refractivity contribution in [3.63, 3.8) is 0 Å². The minimum absolute atomic E-state index is 0.171. The van der Waals surface area contributed by atoms with Crippen molar-refractivity contribution >= 4 is 31.5 Å². The summed E-state index contributed by atoms with van der Waals surface area (Å²) >= 11 is 1.11. The summed E-state index contributed by atoms with van der Waals surface area (Å²) in [5.41, 5.74) is 7.49. The second-order valence-corrected chi connectivity index (χ2v) is 12.6. The molecular weight excluding hydrogens is 615 g/mol. The molecule has 0 spiro atoms. The number of thiophene rings is 1. The molecule has 3 nitrogen and oxygen atoms in total. The van der Waals surface area contributed by atoms with Gasteiger partial charge in [0.15, 0.2) is 17.5 Å². The van der Waals surface area contributed by atoms with Crippen molar-refractivity contribution in [1.29, 1.82) is 0 Å². The third kappa shape index (κ3) is 5.58. The molecule has 9 aromatic rings. The Labute approximate surface area is 298 Å². The number of nitrogens with zero attached hydrogens (tertiary/aromatic N) is 3. The van der Waals surface area contributed by atoms with Crippen molar-refractivity contribution in [2.75, 3.05) is 0 Å². The zero-order valence-electron chi connectivity index (χ0n) is 33.0. The Morgan fingerprint density at radius 2 is 0.857 bits per heavy atom. The van der Waals surface area contributed by atoms with Crippen LogP contribution in [0.1, 0.15) is 9.60 Å². The lowest BCUT2D eigenvalue weighted by Crippen LogP contribution is -2.00. The molecule has 2 aromatic heterocycles. The van der Waals surface area contributed by atoms with E-state index < -0.39 is 6.04 Å². The molecule has 0 atom stereocenters. The second kappa shape index (κ2) is 12.4. The Kier molecular flexibility index (Phi) is 5.67. The highest BCUT2D eigenvalue weighted by Crippen LogP contribution is 2.40. The van der Waals surface area contributed by atoms with Crippen molar-refractivity contribution in [2.45, 2.75) is 0 Å². The maximum absolute atomic E-state index is 9.04. The van der Waals surface area contributed by atoms with Gasteiger partial charge in [0.05, 0.1) is 9.60 Å². The van der Waals surface area contributed by atoms with E-state index in [2.05, 4.69) is 24.3 Å². The number of aromatic nitrogens is 3. The molecule has 2 heterocycles. The monoisotopic (exact) mass is 650 g/mol. The molecule has 0 aliphatic rings. The Morgan fingerprint density at radius 1 is 0.388 bits per heavy atom. The third-order valence-electron chi connectivity index (χ3n) is 8.48. The first kappa shape index (κ1) is 22.4. The molecule has 0 aliphatic heterocycles. The van der Waals surface area contributed by atoms with Crippen LogP contribution < -0.4 is 0 Å². The fourth-order valence-electron chi connectivity index (χ4n) is 5.99. The van der Waals surface area contributed by atoms with Gasteiger partial charge in [0.25, 0.3) is 0 Å². The standard InChI is InChI=1S/C45H29N3S/c1-3-11-30(12-4-1)32-21-25-34(26-22-32)43-46-44(35-27-23-33(24-28-35)31-13-5-2-6-14-31)48-45(47-43)37-16-9-15-36(29-37)38-18-10-19-40-39-17-7-8-20-41(39)49-42(38)40/h1-29H/i7D,8D,10D,17D,18D,19D,20D. The Hall–Kier alpha value is -6.23. The van der Waals surface area contributed by atoms with Gasteiger partial charge >= 0.3 is 0 Å². The van der Waals surface area contributed by atoms with Gasteiger partial charge in [0.2, 0.25) is 0 Å². The zero-order chi connectivity index (χ0) is 38.7. The number of hydrogen-bond donors (Lipinski definition) is 0. The average molecular weight is 651 g/mol. The molecule has 230 valence electrons. The lowest BCUT2D eigenvalue weighted by Gasteiger charge is -2.11. The largest absolute Gasteiger partial charge is 0.208 e. The Bertz CT molecular complexity index is 2870. The van der Waals surface area contributed by atoms with E-state index in [0.717, 1.165) is 44.7 Å². The van der Waals surface area contributed by atoms with Crippen LogP contribution in [0.4, 0.5) is 0 Å². The molecule has 7 aromatic carbocycles. The normalized spacial score (nSPS) is 13.3.